The largest absolute Gasteiger partial charge is 0.416 e. The number of alkyl halides is 6. The molecule has 0 saturated carbocycles. The van der Waals surface area contributed by atoms with E-state index in [4.69, 9.17) is 0 Å². The third kappa shape index (κ3) is 7.24. The zero-order valence-electron chi connectivity index (χ0n) is 36.1. The van der Waals surface area contributed by atoms with Gasteiger partial charge in [-0.05, 0) is 127 Å². The number of hydrogen-bond acceptors (Lipinski definition) is 8. The number of nitrogens with zero attached hydrogens (tertiary/aromatic N) is 10. The molecule has 0 amide bonds. The first-order chi connectivity index (χ1) is 34.0. The molecule has 0 fully saturated rings. The van der Waals surface area contributed by atoms with Crippen LogP contribution in [-0.2, 0) is 12.4 Å². The first-order valence-corrected chi connectivity index (χ1v) is 21.7. The van der Waals surface area contributed by atoms with E-state index in [-0.39, 0.29) is 22.5 Å². The molecule has 12 rings (SSSR count). The van der Waals surface area contributed by atoms with Crippen molar-refractivity contribution in [2.24, 2.45) is 0 Å². The fourth-order valence-corrected chi connectivity index (χ4v) is 9.19. The normalized spacial score (nSPS) is 12.1. The molecule has 6 heterocycles. The molecule has 0 N–H and O–H groups in total. The second-order valence-electron chi connectivity index (χ2n) is 16.4. The molecule has 6 aromatic carbocycles. The van der Waals surface area contributed by atoms with Gasteiger partial charge in [-0.1, -0.05) is 12.1 Å². The Bertz CT molecular complexity index is 3560. The average Bonchev–Trinajstić information content (AvgIpc) is 3.90. The van der Waals surface area contributed by atoms with Crippen LogP contribution in [0.15, 0.2) is 183 Å². The molecule has 0 saturated heterocycles. The molecule has 16 heteroatoms. The van der Waals surface area contributed by atoms with Gasteiger partial charge in [-0.15, -0.1) is 0 Å². The Balaban J connectivity index is 1.23. The third-order valence-electron chi connectivity index (χ3n) is 12.2. The molecule has 338 valence electrons. The zero-order valence-corrected chi connectivity index (χ0v) is 36.1. The van der Waals surface area contributed by atoms with Crippen molar-refractivity contribution >= 4 is 43.6 Å². The molecule has 0 radical (unpaired) electrons. The van der Waals surface area contributed by atoms with Gasteiger partial charge in [0.25, 0.3) is 0 Å². The van der Waals surface area contributed by atoms with Crippen molar-refractivity contribution in [3.05, 3.63) is 194 Å². The van der Waals surface area contributed by atoms with E-state index < -0.39 is 23.5 Å². The van der Waals surface area contributed by atoms with E-state index in [2.05, 4.69) is 39.9 Å². The van der Waals surface area contributed by atoms with Crippen molar-refractivity contribution in [2.45, 2.75) is 12.4 Å². The van der Waals surface area contributed by atoms with Crippen LogP contribution in [0.2, 0.25) is 0 Å². The molecule has 0 atom stereocenters. The zero-order chi connectivity index (χ0) is 47.7. The number of rotatable bonds is 7. The average molecular weight is 933 g/mol. The summed E-state index contributed by atoms with van der Waals surface area (Å²) in [5.74, 6) is 1.65. The number of hydrogen-bond donors (Lipinski definition) is 0. The Morgan fingerprint density at radius 1 is 0.300 bits per heavy atom. The molecule has 70 heavy (non-hydrogen) atoms. The summed E-state index contributed by atoms with van der Waals surface area (Å²) in [5.41, 5.74) is 2.38. The minimum absolute atomic E-state index is 0.0192. The standard InChI is InChI=1S/C54H30F6N10/c55-53(56,57)36-7-1-6-31(24-36)48-46(69-42-12-8-32(49-61-16-2-17-62-49)25-38(42)39-26-33(9-13-43(39)69)50-63-18-3-19-64-50)29-37(54(58,59)60)30-47(48)70-44-14-10-34(51-65-20-4-21-66-51)27-40(44)41-28-35(11-15-45(41)70)52-67-22-5-23-68-52/h1-30H. The smallest absolute Gasteiger partial charge is 0.309 e. The van der Waals surface area contributed by atoms with Gasteiger partial charge in [-0.3, -0.25) is 0 Å². The topological polar surface area (TPSA) is 113 Å². The predicted octanol–water partition coefficient (Wildman–Crippen LogP) is 13.4. The monoisotopic (exact) mass is 932 g/mol. The second-order valence-corrected chi connectivity index (χ2v) is 16.4. The van der Waals surface area contributed by atoms with E-state index in [0.717, 1.165) is 24.3 Å². The van der Waals surface area contributed by atoms with Gasteiger partial charge in [0.2, 0.25) is 0 Å². The molecule has 0 aliphatic rings. The summed E-state index contributed by atoms with van der Waals surface area (Å²) in [4.78, 5) is 35.6. The van der Waals surface area contributed by atoms with E-state index in [1.165, 1.54) is 12.1 Å². The van der Waals surface area contributed by atoms with Gasteiger partial charge < -0.3 is 9.13 Å². The highest BCUT2D eigenvalue weighted by atomic mass is 19.4. The Morgan fingerprint density at radius 2 is 0.614 bits per heavy atom. The Hall–Kier alpha value is -9.18. The molecule has 0 spiro atoms. The van der Waals surface area contributed by atoms with Crippen LogP contribution in [0.1, 0.15) is 11.1 Å². The predicted molar refractivity (Wildman–Crippen MR) is 255 cm³/mol. The SMILES string of the molecule is FC(F)(F)c1cccc(-c2c(-n3c4ccc(-c5ncccn5)cc4c4cc(-c5ncccn5)ccc43)cc(C(F)(F)F)cc2-n2c3ccc(-c4ncccn4)cc3c3cc(-c4ncccn4)ccc32)c1. The lowest BCUT2D eigenvalue weighted by molar-refractivity contribution is -0.138. The fraction of sp³-hybridized carbons (Fsp3) is 0.0370. The summed E-state index contributed by atoms with van der Waals surface area (Å²) in [5, 5.41) is 2.43. The molecule has 0 bridgehead atoms. The number of benzene rings is 6. The van der Waals surface area contributed by atoms with Crippen molar-refractivity contribution in [3.8, 4) is 68.1 Å². The quantitative estimate of drug-likeness (QED) is 0.145. The van der Waals surface area contributed by atoms with E-state index in [1.807, 2.05) is 24.3 Å². The number of aromatic nitrogens is 10. The van der Waals surface area contributed by atoms with Gasteiger partial charge in [0.15, 0.2) is 23.3 Å². The summed E-state index contributed by atoms with van der Waals surface area (Å²) in [6.45, 7) is 0. The molecule has 10 nitrogen and oxygen atoms in total. The van der Waals surface area contributed by atoms with E-state index >= 15 is 13.2 Å². The third-order valence-corrected chi connectivity index (χ3v) is 12.2. The molecule has 12 aromatic rings. The molecule has 0 aliphatic heterocycles. The first kappa shape index (κ1) is 42.2. The Kier molecular flexibility index (Phi) is 9.80. The molecular weight excluding hydrogens is 903 g/mol. The van der Waals surface area contributed by atoms with Gasteiger partial charge in [-0.2, -0.15) is 26.3 Å². The van der Waals surface area contributed by atoms with Crippen LogP contribution in [0, 0.1) is 0 Å². The van der Waals surface area contributed by atoms with Crippen LogP contribution < -0.4 is 0 Å². The lowest BCUT2D eigenvalue weighted by Gasteiger charge is -2.23. The maximum absolute atomic E-state index is 15.8. The van der Waals surface area contributed by atoms with Crippen LogP contribution in [0.4, 0.5) is 26.3 Å². The fourth-order valence-electron chi connectivity index (χ4n) is 9.19. The minimum Gasteiger partial charge on any atom is -0.309 e. The lowest BCUT2D eigenvalue weighted by atomic mass is 9.96. The maximum atomic E-state index is 15.8. The van der Waals surface area contributed by atoms with Crippen molar-refractivity contribution < 1.29 is 26.3 Å². The van der Waals surface area contributed by atoms with Gasteiger partial charge in [0.05, 0.1) is 44.6 Å². The highest BCUT2D eigenvalue weighted by molar-refractivity contribution is 6.14. The molecular formula is C54H30F6N10. The maximum Gasteiger partial charge on any atom is 0.416 e. The lowest BCUT2D eigenvalue weighted by Crippen LogP contribution is -2.11. The van der Waals surface area contributed by atoms with Crippen molar-refractivity contribution in [3.63, 3.8) is 0 Å². The minimum atomic E-state index is -4.93. The Labute approximate surface area is 392 Å². The van der Waals surface area contributed by atoms with Gasteiger partial charge in [-0.25, -0.2) is 39.9 Å². The van der Waals surface area contributed by atoms with Gasteiger partial charge in [0, 0.05) is 98.9 Å². The van der Waals surface area contributed by atoms with Crippen LogP contribution in [0.3, 0.4) is 0 Å². The van der Waals surface area contributed by atoms with Crippen LogP contribution in [-0.4, -0.2) is 49.0 Å². The van der Waals surface area contributed by atoms with Crippen LogP contribution in [0.5, 0.6) is 0 Å². The second kappa shape index (κ2) is 16.3. The highest BCUT2D eigenvalue weighted by Gasteiger charge is 2.36. The highest BCUT2D eigenvalue weighted by Crippen LogP contribution is 2.47. The Morgan fingerprint density at radius 3 is 0.914 bits per heavy atom. The number of fused-ring (bicyclic) bond motifs is 6. The van der Waals surface area contributed by atoms with E-state index in [1.54, 1.807) is 132 Å². The van der Waals surface area contributed by atoms with Crippen molar-refractivity contribution in [1.29, 1.82) is 0 Å². The van der Waals surface area contributed by atoms with Crippen LogP contribution in [0.25, 0.3) is 112 Å². The van der Waals surface area contributed by atoms with E-state index in [9.17, 15) is 13.2 Å². The van der Waals surface area contributed by atoms with Gasteiger partial charge >= 0.3 is 12.4 Å². The summed E-state index contributed by atoms with van der Waals surface area (Å²) in [7, 11) is 0. The van der Waals surface area contributed by atoms with Crippen molar-refractivity contribution in [1.82, 2.24) is 49.0 Å². The van der Waals surface area contributed by atoms with Gasteiger partial charge in [0.1, 0.15) is 0 Å². The van der Waals surface area contributed by atoms with E-state index in [0.29, 0.717) is 89.2 Å². The summed E-state index contributed by atoms with van der Waals surface area (Å²) < 4.78 is 95.1. The summed E-state index contributed by atoms with van der Waals surface area (Å²) in [6.07, 6.45) is 3.11. The molecule has 0 aliphatic carbocycles. The van der Waals surface area contributed by atoms with Crippen LogP contribution >= 0.6 is 0 Å². The summed E-state index contributed by atoms with van der Waals surface area (Å²) >= 11 is 0. The molecule has 6 aromatic heterocycles. The summed E-state index contributed by atoms with van der Waals surface area (Å²) in [6, 6.07) is 34.9. The first-order valence-electron chi connectivity index (χ1n) is 21.7. The van der Waals surface area contributed by atoms with Crippen molar-refractivity contribution in [2.75, 3.05) is 0 Å². The number of halogens is 6. The molecule has 0 unspecified atom stereocenters.